The lowest BCUT2D eigenvalue weighted by atomic mass is 10.1. The Morgan fingerprint density at radius 1 is 1.58 bits per heavy atom. The van der Waals surface area contributed by atoms with Gasteiger partial charge < -0.3 is 15.1 Å². The van der Waals surface area contributed by atoms with E-state index in [1.807, 2.05) is 16.9 Å². The molecule has 0 aromatic carbocycles. The van der Waals surface area contributed by atoms with E-state index in [-0.39, 0.29) is 11.9 Å². The van der Waals surface area contributed by atoms with Crippen molar-refractivity contribution in [1.82, 2.24) is 20.4 Å². The number of hydrogen-bond donors (Lipinski definition) is 2. The number of hydrogen-bond acceptors (Lipinski definition) is 4. The molecule has 0 bridgehead atoms. The van der Waals surface area contributed by atoms with Crippen LogP contribution in [0.5, 0.6) is 0 Å². The predicted octanol–water partition coefficient (Wildman–Crippen LogP) is 0.940. The number of carbonyl (C=O) groups is 1. The van der Waals surface area contributed by atoms with Gasteiger partial charge in [0, 0.05) is 25.8 Å². The Morgan fingerprint density at radius 3 is 3.37 bits per heavy atom. The molecule has 19 heavy (non-hydrogen) atoms. The molecule has 3 heterocycles. The van der Waals surface area contributed by atoms with Gasteiger partial charge in [-0.15, -0.1) is 0 Å². The van der Waals surface area contributed by atoms with E-state index in [1.165, 1.54) is 12.0 Å². The van der Waals surface area contributed by atoms with Crippen LogP contribution in [0.1, 0.15) is 28.7 Å². The highest BCUT2D eigenvalue weighted by Gasteiger charge is 2.19. The number of carbonyl (C=O) groups excluding carboxylic acids is 1. The van der Waals surface area contributed by atoms with Crippen molar-refractivity contribution in [2.75, 3.05) is 13.1 Å². The summed E-state index contributed by atoms with van der Waals surface area (Å²) in [5.41, 5.74) is 1.19. The molecule has 1 aliphatic heterocycles. The van der Waals surface area contributed by atoms with Crippen molar-refractivity contribution in [3.8, 4) is 0 Å². The molecule has 2 aromatic rings. The van der Waals surface area contributed by atoms with Crippen molar-refractivity contribution in [2.45, 2.75) is 19.0 Å². The quantitative estimate of drug-likeness (QED) is 0.858. The molecule has 0 saturated carbocycles. The van der Waals surface area contributed by atoms with E-state index in [0.717, 1.165) is 19.5 Å². The summed E-state index contributed by atoms with van der Waals surface area (Å²) < 4.78 is 7.08. The smallest absolute Gasteiger partial charge is 0.286 e. The van der Waals surface area contributed by atoms with Gasteiger partial charge in [-0.2, -0.15) is 5.10 Å². The molecule has 1 atom stereocenters. The number of fused-ring (bicyclic) bond motifs is 1. The zero-order valence-electron chi connectivity index (χ0n) is 10.5. The van der Waals surface area contributed by atoms with Crippen LogP contribution >= 0.6 is 0 Å². The maximum atomic E-state index is 11.7. The number of aromatic nitrogens is 2. The first-order valence-corrected chi connectivity index (χ1v) is 6.39. The number of rotatable bonds is 4. The minimum absolute atomic E-state index is 0.172. The fourth-order valence-electron chi connectivity index (χ4n) is 2.34. The summed E-state index contributed by atoms with van der Waals surface area (Å²) in [5.74, 6) is 0.177. The predicted molar refractivity (Wildman–Crippen MR) is 68.6 cm³/mol. The maximum Gasteiger partial charge on any atom is 0.286 e. The Labute approximate surface area is 110 Å². The van der Waals surface area contributed by atoms with E-state index < -0.39 is 0 Å². The Hall–Kier alpha value is -2.08. The van der Waals surface area contributed by atoms with Crippen LogP contribution < -0.4 is 10.6 Å². The van der Waals surface area contributed by atoms with Gasteiger partial charge in [0.15, 0.2) is 5.76 Å². The van der Waals surface area contributed by atoms with Crippen molar-refractivity contribution < 1.29 is 9.21 Å². The summed E-state index contributed by atoms with van der Waals surface area (Å²) in [5, 5.41) is 10.5. The summed E-state index contributed by atoms with van der Waals surface area (Å²) in [7, 11) is 0. The lowest BCUT2D eigenvalue weighted by Crippen LogP contribution is -2.36. The van der Waals surface area contributed by atoms with E-state index in [2.05, 4.69) is 15.7 Å². The molecule has 6 nitrogen and oxygen atoms in total. The standard InChI is InChI=1S/C13H16N4O2/c18-13(12-2-1-7-19-12)15-5-3-10-8-14-9-11-4-6-16-17(10)11/h1-2,4,6-7,10,14H,3,5,8-9H2,(H,15,18)/t10-/m1/s1. The van der Waals surface area contributed by atoms with Gasteiger partial charge in [-0.25, -0.2) is 0 Å². The van der Waals surface area contributed by atoms with E-state index in [9.17, 15) is 4.79 Å². The lowest BCUT2D eigenvalue weighted by Gasteiger charge is -2.25. The van der Waals surface area contributed by atoms with Gasteiger partial charge in [-0.1, -0.05) is 0 Å². The molecular formula is C13H16N4O2. The number of nitrogens with zero attached hydrogens (tertiary/aromatic N) is 2. The average molecular weight is 260 g/mol. The minimum Gasteiger partial charge on any atom is -0.459 e. The highest BCUT2D eigenvalue weighted by molar-refractivity contribution is 5.91. The second-order valence-electron chi connectivity index (χ2n) is 4.57. The molecule has 0 saturated heterocycles. The number of amides is 1. The number of nitrogens with one attached hydrogen (secondary N) is 2. The molecule has 3 rings (SSSR count). The van der Waals surface area contributed by atoms with Crippen molar-refractivity contribution in [3.63, 3.8) is 0 Å². The van der Waals surface area contributed by atoms with Crippen LogP contribution in [0.15, 0.2) is 35.1 Å². The third-order valence-electron chi connectivity index (χ3n) is 3.29. The van der Waals surface area contributed by atoms with E-state index in [0.29, 0.717) is 12.3 Å². The first kappa shape index (κ1) is 12.0. The van der Waals surface area contributed by atoms with Crippen LogP contribution in [0, 0.1) is 0 Å². The molecule has 6 heteroatoms. The van der Waals surface area contributed by atoms with Crippen LogP contribution in [0.3, 0.4) is 0 Å². The van der Waals surface area contributed by atoms with Crippen LogP contribution in [0.2, 0.25) is 0 Å². The van der Waals surface area contributed by atoms with Gasteiger partial charge in [0.25, 0.3) is 5.91 Å². The van der Waals surface area contributed by atoms with Gasteiger partial charge in [0.1, 0.15) is 0 Å². The first-order valence-electron chi connectivity index (χ1n) is 6.39. The highest BCUT2D eigenvalue weighted by atomic mass is 16.3. The Bertz CT molecular complexity index is 547. The van der Waals surface area contributed by atoms with Crippen molar-refractivity contribution in [1.29, 1.82) is 0 Å². The van der Waals surface area contributed by atoms with Crippen molar-refractivity contribution in [2.24, 2.45) is 0 Å². The fraction of sp³-hybridized carbons (Fsp3) is 0.385. The van der Waals surface area contributed by atoms with Crippen LogP contribution in [-0.4, -0.2) is 28.8 Å². The van der Waals surface area contributed by atoms with Crippen molar-refractivity contribution in [3.05, 3.63) is 42.1 Å². The topological polar surface area (TPSA) is 72.1 Å². The third kappa shape index (κ3) is 2.53. The molecule has 0 radical (unpaired) electrons. The first-order chi connectivity index (χ1) is 9.34. The molecule has 0 spiro atoms. The fourth-order valence-corrected chi connectivity index (χ4v) is 2.34. The molecule has 0 fully saturated rings. The zero-order valence-corrected chi connectivity index (χ0v) is 10.5. The molecule has 100 valence electrons. The molecule has 0 aliphatic carbocycles. The highest BCUT2D eigenvalue weighted by Crippen LogP contribution is 2.16. The second kappa shape index (κ2) is 5.27. The molecule has 2 N–H and O–H groups in total. The van der Waals surface area contributed by atoms with Crippen LogP contribution in [0.4, 0.5) is 0 Å². The Morgan fingerprint density at radius 2 is 2.53 bits per heavy atom. The van der Waals surface area contributed by atoms with E-state index in [1.54, 1.807) is 12.1 Å². The van der Waals surface area contributed by atoms with Gasteiger partial charge in [0.2, 0.25) is 0 Å². The number of furan rings is 1. The normalized spacial score (nSPS) is 18.0. The summed E-state index contributed by atoms with van der Waals surface area (Å²) in [6, 6.07) is 5.66. The molecule has 0 unspecified atom stereocenters. The molecule has 1 amide bonds. The summed E-state index contributed by atoms with van der Waals surface area (Å²) in [6.07, 6.45) is 4.15. The molecule has 2 aromatic heterocycles. The Kier molecular flexibility index (Phi) is 3.33. The van der Waals surface area contributed by atoms with Crippen LogP contribution in [-0.2, 0) is 6.54 Å². The third-order valence-corrected chi connectivity index (χ3v) is 3.29. The molecular weight excluding hydrogens is 244 g/mol. The molecule has 1 aliphatic rings. The summed E-state index contributed by atoms with van der Waals surface area (Å²) in [6.45, 7) is 2.34. The average Bonchev–Trinajstić information content (AvgIpc) is 3.10. The van der Waals surface area contributed by atoms with E-state index >= 15 is 0 Å². The summed E-state index contributed by atoms with van der Waals surface area (Å²) in [4.78, 5) is 11.7. The largest absolute Gasteiger partial charge is 0.459 e. The second-order valence-corrected chi connectivity index (χ2v) is 4.57. The Balaban J connectivity index is 1.53. The lowest BCUT2D eigenvalue weighted by molar-refractivity contribution is 0.0923. The SMILES string of the molecule is O=C(NCC[C@@H]1CNCc2ccnn21)c1ccco1. The zero-order chi connectivity index (χ0) is 13.1. The van der Waals surface area contributed by atoms with Gasteiger partial charge in [-0.05, 0) is 24.6 Å². The van der Waals surface area contributed by atoms with Gasteiger partial charge in [-0.3, -0.25) is 9.48 Å². The van der Waals surface area contributed by atoms with Crippen LogP contribution in [0.25, 0.3) is 0 Å². The van der Waals surface area contributed by atoms with Gasteiger partial charge >= 0.3 is 0 Å². The van der Waals surface area contributed by atoms with Crippen molar-refractivity contribution >= 4 is 5.91 Å². The van der Waals surface area contributed by atoms with E-state index in [4.69, 9.17) is 4.42 Å². The van der Waals surface area contributed by atoms with Gasteiger partial charge in [0.05, 0.1) is 18.0 Å². The minimum atomic E-state index is -0.172. The summed E-state index contributed by atoms with van der Waals surface area (Å²) >= 11 is 0. The monoisotopic (exact) mass is 260 g/mol. The maximum absolute atomic E-state index is 11.7.